The highest BCUT2D eigenvalue weighted by atomic mass is 35.5. The molecular weight excluding hydrogens is 398 g/mol. The van der Waals surface area contributed by atoms with Crippen LogP contribution in [-0.2, 0) is 17.9 Å². The number of nitrogens with two attached hydrogens (primary N) is 1. The van der Waals surface area contributed by atoms with Gasteiger partial charge in [-0.25, -0.2) is 0 Å². The summed E-state index contributed by atoms with van der Waals surface area (Å²) in [6.45, 7) is 1.66. The fraction of sp³-hybridized carbons (Fsp3) is 0.565. The highest BCUT2D eigenvalue weighted by Crippen LogP contribution is 2.41. The Kier molecular flexibility index (Phi) is 5.56. The first-order valence-electron chi connectivity index (χ1n) is 11.1. The van der Waals surface area contributed by atoms with Gasteiger partial charge in [-0.05, 0) is 87.2 Å². The van der Waals surface area contributed by atoms with Gasteiger partial charge < -0.3 is 4.84 Å². The first kappa shape index (κ1) is 20.0. The Morgan fingerprint density at radius 1 is 1.13 bits per heavy atom. The summed E-state index contributed by atoms with van der Waals surface area (Å²) in [5.74, 6) is 9.83. The van der Waals surface area contributed by atoms with E-state index in [1.54, 1.807) is 0 Å². The number of benzene rings is 1. The molecule has 6 nitrogen and oxygen atoms in total. The Labute approximate surface area is 183 Å². The fourth-order valence-corrected chi connectivity index (χ4v) is 5.75. The molecule has 30 heavy (non-hydrogen) atoms. The lowest BCUT2D eigenvalue weighted by atomic mass is 9.78. The summed E-state index contributed by atoms with van der Waals surface area (Å²) in [5.41, 5.74) is 3.87. The average molecular weight is 428 g/mol. The van der Waals surface area contributed by atoms with Gasteiger partial charge in [-0.3, -0.25) is 9.47 Å². The third-order valence-corrected chi connectivity index (χ3v) is 7.29. The van der Waals surface area contributed by atoms with E-state index in [-0.39, 0.29) is 0 Å². The van der Waals surface area contributed by atoms with E-state index in [2.05, 4.69) is 38.8 Å². The number of fused-ring (bicyclic) bond motifs is 3. The normalized spacial score (nSPS) is 24.5. The molecule has 0 saturated heterocycles. The largest absolute Gasteiger partial charge is 0.416 e. The second-order valence-corrected chi connectivity index (χ2v) is 9.61. The summed E-state index contributed by atoms with van der Waals surface area (Å²) in [6.07, 6.45) is 9.25. The quantitative estimate of drug-likeness (QED) is 0.705. The molecule has 5 rings (SSSR count). The average Bonchev–Trinajstić information content (AvgIpc) is 3.32. The molecular formula is C23H30ClN5O. The number of aromatic nitrogens is 3. The van der Waals surface area contributed by atoms with Crippen molar-refractivity contribution >= 4 is 11.6 Å². The molecule has 2 aliphatic carbocycles. The van der Waals surface area contributed by atoms with Crippen molar-refractivity contribution in [1.29, 1.82) is 0 Å². The van der Waals surface area contributed by atoms with E-state index in [0.717, 1.165) is 73.5 Å². The zero-order chi connectivity index (χ0) is 20.7. The summed E-state index contributed by atoms with van der Waals surface area (Å²) in [4.78, 5) is 7.39. The van der Waals surface area contributed by atoms with E-state index in [1.165, 1.54) is 36.1 Å². The summed E-state index contributed by atoms with van der Waals surface area (Å²) in [7, 11) is 2.12. The van der Waals surface area contributed by atoms with E-state index in [0.29, 0.717) is 5.92 Å². The molecule has 1 aliphatic heterocycles. The maximum atomic E-state index is 6.29. The number of nitrogens with zero attached hydrogens (tertiary/aromatic N) is 4. The molecule has 0 amide bonds. The molecule has 0 radical (unpaired) electrons. The maximum absolute atomic E-state index is 6.29. The summed E-state index contributed by atoms with van der Waals surface area (Å²) >= 11 is 6.29. The summed E-state index contributed by atoms with van der Waals surface area (Å²) in [5, 5.41) is 10.0. The van der Waals surface area contributed by atoms with E-state index < -0.39 is 0 Å². The zero-order valence-electron chi connectivity index (χ0n) is 17.6. The predicted octanol–water partition coefficient (Wildman–Crippen LogP) is 4.86. The van der Waals surface area contributed by atoms with Crippen molar-refractivity contribution in [2.24, 2.45) is 11.8 Å². The summed E-state index contributed by atoms with van der Waals surface area (Å²) < 4.78 is 2.31. The molecule has 2 heterocycles. The van der Waals surface area contributed by atoms with Gasteiger partial charge in [0.15, 0.2) is 5.82 Å². The van der Waals surface area contributed by atoms with E-state index >= 15 is 0 Å². The van der Waals surface area contributed by atoms with Crippen LogP contribution in [-0.4, -0.2) is 26.7 Å². The van der Waals surface area contributed by atoms with Crippen molar-refractivity contribution in [3.63, 3.8) is 0 Å². The lowest BCUT2D eigenvalue weighted by molar-refractivity contribution is 0.208. The minimum Gasteiger partial charge on any atom is -0.416 e. The lowest BCUT2D eigenvalue weighted by Gasteiger charge is -2.29. The smallest absolute Gasteiger partial charge is 0.151 e. The number of hydrogen-bond acceptors (Lipinski definition) is 5. The minimum absolute atomic E-state index is 0.456. The molecule has 160 valence electrons. The first-order chi connectivity index (χ1) is 14.6. The van der Waals surface area contributed by atoms with E-state index in [4.69, 9.17) is 22.3 Å². The second-order valence-electron chi connectivity index (χ2n) is 9.18. The number of rotatable bonds is 4. The Morgan fingerprint density at radius 3 is 2.77 bits per heavy atom. The van der Waals surface area contributed by atoms with Crippen molar-refractivity contribution < 1.29 is 4.84 Å². The second kappa shape index (κ2) is 8.33. The SMILES string of the molecule is CN1Cc2cc(Cl)ccc2-n2c(nnc2C2CCC(CC3=C(ON)CCC3)CC2)C1. The van der Waals surface area contributed by atoms with Crippen LogP contribution in [0.2, 0.25) is 5.02 Å². The van der Waals surface area contributed by atoms with Crippen LogP contribution in [0.5, 0.6) is 0 Å². The van der Waals surface area contributed by atoms with Crippen molar-refractivity contribution in [2.75, 3.05) is 7.05 Å². The van der Waals surface area contributed by atoms with Gasteiger partial charge in [0.05, 0.1) is 12.2 Å². The van der Waals surface area contributed by atoms with Crippen molar-refractivity contribution in [1.82, 2.24) is 19.7 Å². The van der Waals surface area contributed by atoms with Crippen LogP contribution < -0.4 is 5.90 Å². The monoisotopic (exact) mass is 427 g/mol. The Morgan fingerprint density at radius 2 is 1.97 bits per heavy atom. The van der Waals surface area contributed by atoms with Gasteiger partial charge in [-0.1, -0.05) is 11.6 Å². The Hall–Kier alpha value is -1.89. The van der Waals surface area contributed by atoms with Gasteiger partial charge >= 0.3 is 0 Å². The molecule has 0 bridgehead atoms. The molecule has 0 unspecified atom stereocenters. The molecule has 1 aromatic carbocycles. The molecule has 2 N–H and O–H groups in total. The number of allylic oxidation sites excluding steroid dienone is 2. The van der Waals surface area contributed by atoms with Crippen molar-refractivity contribution in [3.8, 4) is 5.69 Å². The Balaban J connectivity index is 1.36. The standard InChI is InChI=1S/C23H30ClN5O/c1-28-13-18-12-19(24)9-10-20(18)29-22(14-28)26-27-23(29)16-7-5-15(6-8-16)11-17-3-2-4-21(17)30-25/h9-10,12,15-16H,2-8,11,13-14,25H2,1H3. The topological polar surface area (TPSA) is 69.2 Å². The molecule has 0 atom stereocenters. The predicted molar refractivity (Wildman–Crippen MR) is 117 cm³/mol. The minimum atomic E-state index is 0.456. The van der Waals surface area contributed by atoms with Crippen LogP contribution in [0.25, 0.3) is 5.69 Å². The molecule has 0 spiro atoms. The van der Waals surface area contributed by atoms with E-state index in [9.17, 15) is 0 Å². The lowest BCUT2D eigenvalue weighted by Crippen LogP contribution is -2.18. The van der Waals surface area contributed by atoms with Crippen LogP contribution in [0.15, 0.2) is 29.5 Å². The molecule has 1 saturated carbocycles. The van der Waals surface area contributed by atoms with Crippen LogP contribution in [0.3, 0.4) is 0 Å². The van der Waals surface area contributed by atoms with Crippen molar-refractivity contribution in [2.45, 2.75) is 70.4 Å². The van der Waals surface area contributed by atoms with Crippen LogP contribution >= 0.6 is 11.6 Å². The Bertz CT molecular complexity index is 960. The highest BCUT2D eigenvalue weighted by molar-refractivity contribution is 6.30. The molecule has 1 aromatic heterocycles. The molecule has 1 fully saturated rings. The van der Waals surface area contributed by atoms with Gasteiger partial charge in [0.2, 0.25) is 0 Å². The third kappa shape index (κ3) is 3.77. The van der Waals surface area contributed by atoms with Crippen LogP contribution in [0, 0.1) is 5.92 Å². The van der Waals surface area contributed by atoms with E-state index in [1.807, 2.05) is 6.07 Å². The molecule has 2 aromatic rings. The van der Waals surface area contributed by atoms with Gasteiger partial charge in [0, 0.05) is 23.9 Å². The van der Waals surface area contributed by atoms with Crippen molar-refractivity contribution in [3.05, 3.63) is 51.8 Å². The van der Waals surface area contributed by atoms with Crippen LogP contribution in [0.4, 0.5) is 0 Å². The molecule has 3 aliphatic rings. The third-order valence-electron chi connectivity index (χ3n) is 7.06. The van der Waals surface area contributed by atoms with Crippen LogP contribution in [0.1, 0.15) is 74.5 Å². The molecule has 7 heteroatoms. The number of hydrogen-bond donors (Lipinski definition) is 1. The highest BCUT2D eigenvalue weighted by Gasteiger charge is 2.31. The zero-order valence-corrected chi connectivity index (χ0v) is 18.4. The van der Waals surface area contributed by atoms with Gasteiger partial charge in [-0.2, -0.15) is 5.90 Å². The van der Waals surface area contributed by atoms with Gasteiger partial charge in [-0.15, -0.1) is 10.2 Å². The first-order valence-corrected chi connectivity index (χ1v) is 11.5. The number of halogens is 1. The van der Waals surface area contributed by atoms with Gasteiger partial charge in [0.25, 0.3) is 0 Å². The summed E-state index contributed by atoms with van der Waals surface area (Å²) in [6, 6.07) is 6.18. The maximum Gasteiger partial charge on any atom is 0.151 e. The van der Waals surface area contributed by atoms with Gasteiger partial charge in [0.1, 0.15) is 11.6 Å². The fourth-order valence-electron chi connectivity index (χ4n) is 5.56.